The minimum absolute atomic E-state index is 0.276. The Balaban J connectivity index is 2.11. The molecule has 25 heavy (non-hydrogen) atoms. The number of amides is 1. The largest absolute Gasteiger partial charge is 0.444 e. The maximum Gasteiger partial charge on any atom is 0.410 e. The van der Waals surface area contributed by atoms with Crippen LogP contribution in [0.15, 0.2) is 17.2 Å². The standard InChI is InChI=1S/C17H25N5O2S/c1-12-13(11-25)9-14(10-15(12)19-20-18)21-5-7-22(8-6-21)16(23)24-17(2,3)4/h9-10,25H,5-8,11H2,1-4H3. The van der Waals surface area contributed by atoms with Crippen molar-refractivity contribution in [2.45, 2.75) is 39.0 Å². The van der Waals surface area contributed by atoms with Gasteiger partial charge >= 0.3 is 6.09 Å². The Bertz CT molecular complexity index is 687. The Labute approximate surface area is 154 Å². The normalized spacial score (nSPS) is 14.9. The average Bonchev–Trinajstić information content (AvgIpc) is 2.55. The Morgan fingerprint density at radius 1 is 1.32 bits per heavy atom. The van der Waals surface area contributed by atoms with Gasteiger partial charge < -0.3 is 14.5 Å². The van der Waals surface area contributed by atoms with Gasteiger partial charge in [-0.1, -0.05) is 5.11 Å². The third-order valence-electron chi connectivity index (χ3n) is 4.09. The van der Waals surface area contributed by atoms with Crippen molar-refractivity contribution in [2.24, 2.45) is 5.11 Å². The number of hydrogen-bond donors (Lipinski definition) is 1. The van der Waals surface area contributed by atoms with Gasteiger partial charge in [0, 0.05) is 48.2 Å². The lowest BCUT2D eigenvalue weighted by Gasteiger charge is -2.37. The van der Waals surface area contributed by atoms with Gasteiger partial charge in [0.05, 0.1) is 0 Å². The van der Waals surface area contributed by atoms with Crippen LogP contribution in [0, 0.1) is 6.92 Å². The fourth-order valence-electron chi connectivity index (χ4n) is 2.71. The zero-order valence-electron chi connectivity index (χ0n) is 15.2. The van der Waals surface area contributed by atoms with E-state index in [-0.39, 0.29) is 6.09 Å². The second-order valence-electron chi connectivity index (χ2n) is 7.05. The molecule has 1 aliphatic rings. The van der Waals surface area contributed by atoms with Gasteiger partial charge in [-0.15, -0.1) is 0 Å². The van der Waals surface area contributed by atoms with Gasteiger partial charge in [0.2, 0.25) is 0 Å². The Morgan fingerprint density at radius 2 is 1.96 bits per heavy atom. The maximum atomic E-state index is 12.2. The van der Waals surface area contributed by atoms with Crippen molar-refractivity contribution in [3.8, 4) is 0 Å². The van der Waals surface area contributed by atoms with Crippen molar-refractivity contribution in [3.05, 3.63) is 33.7 Å². The number of benzene rings is 1. The molecule has 1 aromatic rings. The van der Waals surface area contributed by atoms with Crippen molar-refractivity contribution >= 4 is 30.1 Å². The van der Waals surface area contributed by atoms with Crippen LogP contribution in [0.4, 0.5) is 16.2 Å². The molecule has 0 aliphatic carbocycles. The molecule has 1 fully saturated rings. The molecule has 1 heterocycles. The van der Waals surface area contributed by atoms with Gasteiger partial charge in [0.1, 0.15) is 5.60 Å². The predicted molar refractivity (Wildman–Crippen MR) is 103 cm³/mol. The second-order valence-corrected chi connectivity index (χ2v) is 7.37. The lowest BCUT2D eigenvalue weighted by Crippen LogP contribution is -2.50. The van der Waals surface area contributed by atoms with Crippen molar-refractivity contribution in [2.75, 3.05) is 31.1 Å². The van der Waals surface area contributed by atoms with Gasteiger partial charge in [0.25, 0.3) is 0 Å². The number of carbonyl (C=O) groups excluding carboxylic acids is 1. The van der Waals surface area contributed by atoms with Gasteiger partial charge in [-0.3, -0.25) is 0 Å². The second kappa shape index (κ2) is 7.89. The summed E-state index contributed by atoms with van der Waals surface area (Å²) in [6, 6.07) is 3.97. The van der Waals surface area contributed by atoms with E-state index in [1.165, 1.54) is 0 Å². The molecule has 1 amide bonds. The van der Waals surface area contributed by atoms with E-state index in [4.69, 9.17) is 10.3 Å². The van der Waals surface area contributed by atoms with E-state index < -0.39 is 5.60 Å². The van der Waals surface area contributed by atoms with Gasteiger partial charge in [-0.2, -0.15) is 12.6 Å². The molecular weight excluding hydrogens is 338 g/mol. The summed E-state index contributed by atoms with van der Waals surface area (Å²) in [5, 5.41) is 3.79. The summed E-state index contributed by atoms with van der Waals surface area (Å²) < 4.78 is 5.42. The fourth-order valence-corrected chi connectivity index (χ4v) is 3.04. The minimum atomic E-state index is -0.489. The first-order valence-electron chi connectivity index (χ1n) is 8.27. The quantitative estimate of drug-likeness (QED) is 0.373. The third kappa shape index (κ3) is 4.96. The Morgan fingerprint density at radius 3 is 2.48 bits per heavy atom. The number of piperazine rings is 1. The SMILES string of the molecule is Cc1c(CS)cc(N2CCN(C(=O)OC(C)(C)C)CC2)cc1N=[N+]=[N-]. The highest BCUT2D eigenvalue weighted by atomic mass is 32.1. The van der Waals surface area contributed by atoms with Crippen LogP contribution in [-0.4, -0.2) is 42.8 Å². The molecule has 0 N–H and O–H groups in total. The van der Waals surface area contributed by atoms with E-state index in [0.29, 0.717) is 37.6 Å². The molecule has 0 unspecified atom stereocenters. The lowest BCUT2D eigenvalue weighted by atomic mass is 10.1. The summed E-state index contributed by atoms with van der Waals surface area (Å²) in [5.74, 6) is 0.575. The Kier molecular flexibility index (Phi) is 6.08. The molecule has 0 saturated carbocycles. The van der Waals surface area contributed by atoms with Crippen LogP contribution in [0.2, 0.25) is 0 Å². The highest BCUT2D eigenvalue weighted by Gasteiger charge is 2.26. The maximum absolute atomic E-state index is 12.2. The van der Waals surface area contributed by atoms with Crippen LogP contribution in [0.25, 0.3) is 10.4 Å². The molecule has 0 bridgehead atoms. The predicted octanol–water partition coefficient (Wildman–Crippen LogP) is 4.42. The molecule has 0 aromatic heterocycles. The highest BCUT2D eigenvalue weighted by Crippen LogP contribution is 2.31. The van der Waals surface area contributed by atoms with Gasteiger partial charge in [-0.25, -0.2) is 4.79 Å². The van der Waals surface area contributed by atoms with E-state index in [9.17, 15) is 4.79 Å². The summed E-state index contributed by atoms with van der Waals surface area (Å²) in [6.07, 6.45) is -0.276. The van der Waals surface area contributed by atoms with Crippen LogP contribution >= 0.6 is 12.6 Å². The molecule has 8 heteroatoms. The molecule has 0 atom stereocenters. The Hall–Kier alpha value is -2.05. The van der Waals surface area contributed by atoms with Crippen LogP contribution < -0.4 is 4.90 Å². The molecule has 0 radical (unpaired) electrons. The van der Waals surface area contributed by atoms with Crippen molar-refractivity contribution in [1.29, 1.82) is 0 Å². The fraction of sp³-hybridized carbons (Fsp3) is 0.588. The van der Waals surface area contributed by atoms with E-state index in [1.54, 1.807) is 4.90 Å². The van der Waals surface area contributed by atoms with Crippen LogP contribution in [0.5, 0.6) is 0 Å². The van der Waals surface area contributed by atoms with Crippen molar-refractivity contribution in [1.82, 2.24) is 4.90 Å². The number of anilines is 1. The molecule has 0 spiro atoms. The first-order valence-corrected chi connectivity index (χ1v) is 8.91. The summed E-state index contributed by atoms with van der Waals surface area (Å²) in [6.45, 7) is 10.1. The van der Waals surface area contributed by atoms with Crippen LogP contribution in [0.1, 0.15) is 31.9 Å². The van der Waals surface area contributed by atoms with Crippen LogP contribution in [-0.2, 0) is 10.5 Å². The molecule has 7 nitrogen and oxygen atoms in total. The summed E-state index contributed by atoms with van der Waals surface area (Å²) in [4.78, 5) is 19.0. The zero-order chi connectivity index (χ0) is 18.6. The number of carbonyl (C=O) groups is 1. The lowest BCUT2D eigenvalue weighted by molar-refractivity contribution is 0.0240. The van der Waals surface area contributed by atoms with Crippen molar-refractivity contribution < 1.29 is 9.53 Å². The number of hydrogen-bond acceptors (Lipinski definition) is 5. The molecule has 2 rings (SSSR count). The molecule has 1 aliphatic heterocycles. The minimum Gasteiger partial charge on any atom is -0.444 e. The average molecular weight is 363 g/mol. The van der Waals surface area contributed by atoms with Gasteiger partial charge in [-0.05, 0) is 56.5 Å². The van der Waals surface area contributed by atoms with Crippen molar-refractivity contribution in [3.63, 3.8) is 0 Å². The number of thiol groups is 1. The molecular formula is C17H25N5O2S. The third-order valence-corrected chi connectivity index (χ3v) is 4.43. The van der Waals surface area contributed by atoms with E-state index in [0.717, 1.165) is 16.8 Å². The molecule has 1 aromatic carbocycles. The van der Waals surface area contributed by atoms with E-state index >= 15 is 0 Å². The zero-order valence-corrected chi connectivity index (χ0v) is 16.1. The highest BCUT2D eigenvalue weighted by molar-refractivity contribution is 7.79. The summed E-state index contributed by atoms with van der Waals surface area (Å²) >= 11 is 4.36. The number of nitrogens with zero attached hydrogens (tertiary/aromatic N) is 5. The van der Waals surface area contributed by atoms with E-state index in [1.807, 2.05) is 33.8 Å². The monoisotopic (exact) mass is 363 g/mol. The smallest absolute Gasteiger partial charge is 0.410 e. The first-order chi connectivity index (χ1) is 11.7. The van der Waals surface area contributed by atoms with E-state index in [2.05, 4.69) is 33.6 Å². The first kappa shape index (κ1) is 19.3. The molecule has 1 saturated heterocycles. The number of rotatable bonds is 3. The molecule has 136 valence electrons. The van der Waals surface area contributed by atoms with Crippen LogP contribution in [0.3, 0.4) is 0 Å². The number of ether oxygens (including phenoxy) is 1. The summed E-state index contributed by atoms with van der Waals surface area (Å²) in [7, 11) is 0. The van der Waals surface area contributed by atoms with Gasteiger partial charge in [0.15, 0.2) is 0 Å². The number of azide groups is 1. The summed E-state index contributed by atoms with van der Waals surface area (Å²) in [5.41, 5.74) is 11.9. The topological polar surface area (TPSA) is 81.5 Å².